The molecule has 0 N–H and O–H groups in total. The summed E-state index contributed by atoms with van der Waals surface area (Å²) >= 11 is 1.28. The van der Waals surface area contributed by atoms with Crippen molar-refractivity contribution in [2.24, 2.45) is 0 Å². The third-order valence-corrected chi connectivity index (χ3v) is 5.12. The standard InChI is InChI=1S/C20H13FN2O4S/c21-13-5-3-4-12(8-13)18-22-14(10-28-18)9-17(24)27-11-23-19(25)15-6-1-2-7-16(15)20(23)26/h1-8,10H,9,11H2. The number of esters is 1. The third kappa shape index (κ3) is 3.41. The molecule has 4 rings (SSSR count). The number of carbonyl (C=O) groups is 3. The number of rotatable bonds is 5. The van der Waals surface area contributed by atoms with E-state index in [0.717, 1.165) is 4.90 Å². The van der Waals surface area contributed by atoms with Crippen molar-refractivity contribution in [1.29, 1.82) is 0 Å². The fourth-order valence-corrected chi connectivity index (χ4v) is 3.65. The van der Waals surface area contributed by atoms with E-state index < -0.39 is 24.5 Å². The molecule has 2 aromatic carbocycles. The fraction of sp³-hybridized carbons (Fsp3) is 0.100. The van der Waals surface area contributed by atoms with Gasteiger partial charge in [0.15, 0.2) is 6.73 Å². The molecule has 6 nitrogen and oxygen atoms in total. The van der Waals surface area contributed by atoms with Crippen LogP contribution in [-0.4, -0.2) is 34.4 Å². The van der Waals surface area contributed by atoms with Crippen LogP contribution in [0.4, 0.5) is 4.39 Å². The first-order chi connectivity index (χ1) is 13.5. The highest BCUT2D eigenvalue weighted by Gasteiger charge is 2.35. The summed E-state index contributed by atoms with van der Waals surface area (Å²) in [6, 6.07) is 12.5. The van der Waals surface area contributed by atoms with Crippen LogP contribution in [0.3, 0.4) is 0 Å². The van der Waals surface area contributed by atoms with Crippen LogP contribution in [0.2, 0.25) is 0 Å². The van der Waals surface area contributed by atoms with Crippen LogP contribution in [-0.2, 0) is 16.0 Å². The van der Waals surface area contributed by atoms with Gasteiger partial charge in [-0.1, -0.05) is 24.3 Å². The van der Waals surface area contributed by atoms with E-state index in [1.165, 1.54) is 23.5 Å². The molecular weight excluding hydrogens is 383 g/mol. The molecule has 1 aliphatic rings. The van der Waals surface area contributed by atoms with Gasteiger partial charge in [0.05, 0.1) is 23.2 Å². The average Bonchev–Trinajstić information content (AvgIpc) is 3.24. The zero-order chi connectivity index (χ0) is 19.7. The highest BCUT2D eigenvalue weighted by atomic mass is 32.1. The Morgan fingerprint density at radius 1 is 1.07 bits per heavy atom. The van der Waals surface area contributed by atoms with Crippen molar-refractivity contribution < 1.29 is 23.5 Å². The number of imide groups is 1. The quantitative estimate of drug-likeness (QED) is 0.489. The van der Waals surface area contributed by atoms with Gasteiger partial charge in [0, 0.05) is 10.9 Å². The fourth-order valence-electron chi connectivity index (χ4n) is 2.83. The molecular formula is C20H13FN2O4S. The Morgan fingerprint density at radius 3 is 2.46 bits per heavy atom. The molecule has 2 heterocycles. The molecule has 0 radical (unpaired) electrons. The van der Waals surface area contributed by atoms with Crippen LogP contribution in [0, 0.1) is 5.82 Å². The molecule has 8 heteroatoms. The number of benzene rings is 2. The van der Waals surface area contributed by atoms with Gasteiger partial charge in [-0.15, -0.1) is 11.3 Å². The normalized spacial score (nSPS) is 13.0. The second-order valence-corrected chi connectivity index (χ2v) is 6.92. The molecule has 0 unspecified atom stereocenters. The molecule has 28 heavy (non-hydrogen) atoms. The van der Waals surface area contributed by atoms with Crippen molar-refractivity contribution in [3.8, 4) is 10.6 Å². The molecule has 140 valence electrons. The van der Waals surface area contributed by atoms with E-state index in [1.807, 2.05) is 0 Å². The van der Waals surface area contributed by atoms with Crippen molar-refractivity contribution in [2.45, 2.75) is 6.42 Å². The molecule has 0 saturated heterocycles. The first-order valence-corrected chi connectivity index (χ1v) is 9.22. The lowest BCUT2D eigenvalue weighted by molar-refractivity contribution is -0.145. The third-order valence-electron chi connectivity index (χ3n) is 4.18. The van der Waals surface area contributed by atoms with Gasteiger partial charge in [0.2, 0.25) is 0 Å². The summed E-state index contributed by atoms with van der Waals surface area (Å²) in [6.45, 7) is -0.452. The van der Waals surface area contributed by atoms with Gasteiger partial charge >= 0.3 is 5.97 Å². The van der Waals surface area contributed by atoms with Gasteiger partial charge in [-0.25, -0.2) is 14.3 Å². The summed E-state index contributed by atoms with van der Waals surface area (Å²) in [4.78, 5) is 41.8. The van der Waals surface area contributed by atoms with Crippen molar-refractivity contribution in [3.05, 3.63) is 76.5 Å². The van der Waals surface area contributed by atoms with E-state index >= 15 is 0 Å². The number of hydrogen-bond donors (Lipinski definition) is 0. The number of aromatic nitrogens is 1. The summed E-state index contributed by atoms with van der Waals surface area (Å²) in [6.07, 6.45) is -0.116. The number of halogens is 1. The first kappa shape index (κ1) is 18.0. The largest absolute Gasteiger partial charge is 0.443 e. The molecule has 1 aromatic heterocycles. The van der Waals surface area contributed by atoms with E-state index in [9.17, 15) is 18.8 Å². The number of ether oxygens (including phenoxy) is 1. The predicted molar refractivity (Wildman–Crippen MR) is 99.1 cm³/mol. The second-order valence-electron chi connectivity index (χ2n) is 6.06. The van der Waals surface area contributed by atoms with Crippen LogP contribution in [0.15, 0.2) is 53.9 Å². The van der Waals surface area contributed by atoms with Gasteiger partial charge in [-0.05, 0) is 24.3 Å². The smallest absolute Gasteiger partial charge is 0.313 e. The van der Waals surface area contributed by atoms with Gasteiger partial charge in [0.1, 0.15) is 10.8 Å². The minimum absolute atomic E-state index is 0.116. The first-order valence-electron chi connectivity index (χ1n) is 8.34. The number of amides is 2. The topological polar surface area (TPSA) is 76.6 Å². The molecule has 2 amide bonds. The number of nitrogens with zero attached hydrogens (tertiary/aromatic N) is 2. The van der Waals surface area contributed by atoms with E-state index in [0.29, 0.717) is 27.4 Å². The maximum Gasteiger partial charge on any atom is 0.313 e. The Bertz CT molecular complexity index is 1060. The molecule has 0 aliphatic carbocycles. The minimum atomic E-state index is -0.618. The number of hydrogen-bond acceptors (Lipinski definition) is 6. The molecule has 0 atom stereocenters. The zero-order valence-corrected chi connectivity index (χ0v) is 15.2. The number of carbonyl (C=O) groups excluding carboxylic acids is 3. The Balaban J connectivity index is 1.37. The predicted octanol–water partition coefficient (Wildman–Crippen LogP) is 3.29. The van der Waals surface area contributed by atoms with E-state index in [-0.39, 0.29) is 12.2 Å². The van der Waals surface area contributed by atoms with Crippen LogP contribution in [0.1, 0.15) is 26.4 Å². The monoisotopic (exact) mass is 396 g/mol. The Labute approximate surface area is 163 Å². The number of thiazole rings is 1. The van der Waals surface area contributed by atoms with Crippen LogP contribution in [0.25, 0.3) is 10.6 Å². The summed E-state index contributed by atoms with van der Waals surface area (Å²) < 4.78 is 18.4. The highest BCUT2D eigenvalue weighted by Crippen LogP contribution is 2.25. The lowest BCUT2D eigenvalue weighted by Gasteiger charge is -2.13. The van der Waals surface area contributed by atoms with Gasteiger partial charge in [0.25, 0.3) is 11.8 Å². The SMILES string of the molecule is O=C(Cc1csc(-c2cccc(F)c2)n1)OCN1C(=O)c2ccccc2C1=O. The lowest BCUT2D eigenvalue weighted by atomic mass is 10.1. The van der Waals surface area contributed by atoms with Crippen molar-refractivity contribution in [1.82, 2.24) is 9.88 Å². The van der Waals surface area contributed by atoms with E-state index in [1.54, 1.807) is 41.8 Å². The molecule has 0 saturated carbocycles. The Morgan fingerprint density at radius 2 is 1.79 bits per heavy atom. The van der Waals surface area contributed by atoms with Crippen LogP contribution < -0.4 is 0 Å². The van der Waals surface area contributed by atoms with E-state index in [2.05, 4.69) is 4.98 Å². The molecule has 3 aromatic rings. The van der Waals surface area contributed by atoms with Crippen LogP contribution in [0.5, 0.6) is 0 Å². The van der Waals surface area contributed by atoms with E-state index in [4.69, 9.17) is 4.74 Å². The lowest BCUT2D eigenvalue weighted by Crippen LogP contribution is -2.33. The maximum absolute atomic E-state index is 13.3. The minimum Gasteiger partial charge on any atom is -0.443 e. The van der Waals surface area contributed by atoms with Crippen molar-refractivity contribution in [2.75, 3.05) is 6.73 Å². The van der Waals surface area contributed by atoms with Crippen molar-refractivity contribution in [3.63, 3.8) is 0 Å². The number of fused-ring (bicyclic) bond motifs is 1. The summed E-state index contributed by atoms with van der Waals surface area (Å²) in [5.41, 5.74) is 1.68. The summed E-state index contributed by atoms with van der Waals surface area (Å²) in [5, 5.41) is 2.27. The summed E-state index contributed by atoms with van der Waals surface area (Å²) in [7, 11) is 0. The average molecular weight is 396 g/mol. The zero-order valence-electron chi connectivity index (χ0n) is 14.4. The van der Waals surface area contributed by atoms with Crippen LogP contribution >= 0.6 is 11.3 Å². The van der Waals surface area contributed by atoms with Crippen molar-refractivity contribution >= 4 is 29.1 Å². The van der Waals surface area contributed by atoms with Gasteiger partial charge in [-0.2, -0.15) is 0 Å². The molecule has 0 fully saturated rings. The Hall–Kier alpha value is -3.39. The maximum atomic E-state index is 13.3. The Kier molecular flexibility index (Phi) is 4.70. The molecule has 0 bridgehead atoms. The highest BCUT2D eigenvalue weighted by molar-refractivity contribution is 7.13. The molecule has 0 spiro atoms. The van der Waals surface area contributed by atoms with Gasteiger partial charge < -0.3 is 4.74 Å². The summed E-state index contributed by atoms with van der Waals surface area (Å²) in [5.74, 6) is -1.96. The van der Waals surface area contributed by atoms with Gasteiger partial charge in [-0.3, -0.25) is 14.4 Å². The second kappa shape index (κ2) is 7.32. The molecule has 1 aliphatic heterocycles.